The first-order valence-electron chi connectivity index (χ1n) is 11.1. The van der Waals surface area contributed by atoms with E-state index in [2.05, 4.69) is 5.32 Å². The summed E-state index contributed by atoms with van der Waals surface area (Å²) in [6.45, 7) is 4.45. The van der Waals surface area contributed by atoms with Gasteiger partial charge in [-0.15, -0.1) is 0 Å². The summed E-state index contributed by atoms with van der Waals surface area (Å²) in [5.74, 6) is -0.257. The molecule has 168 valence electrons. The zero-order valence-corrected chi connectivity index (χ0v) is 17.8. The Balaban J connectivity index is 1.39. The van der Waals surface area contributed by atoms with Crippen LogP contribution >= 0.6 is 0 Å². The maximum Gasteiger partial charge on any atom is 0.404 e. The third-order valence-corrected chi connectivity index (χ3v) is 7.21. The average molecular weight is 432 g/mol. The summed E-state index contributed by atoms with van der Waals surface area (Å²) >= 11 is 0. The number of halogens is 1. The summed E-state index contributed by atoms with van der Waals surface area (Å²) in [7, 11) is 0. The molecule has 0 spiro atoms. The highest BCUT2D eigenvalue weighted by Crippen LogP contribution is 2.47. The number of carbonyl (C=O) groups excluding carboxylic acids is 2. The van der Waals surface area contributed by atoms with Gasteiger partial charge in [0.25, 0.3) is 0 Å². The standard InChI is InChI=1S/C23H30FN3O4/c1-23(8-9-23)21(29)26-10-6-16(7-11-26)20(28)27-13-17(12-25-22(30)31)19(14-27)15-2-4-18(24)5-3-15/h2-5,16-17,19,25H,6-14H2,1H3,(H,30,31)/t17-,19-/m0/s1. The van der Waals surface area contributed by atoms with E-state index in [1.807, 2.05) is 16.7 Å². The van der Waals surface area contributed by atoms with E-state index in [4.69, 9.17) is 5.11 Å². The molecule has 3 amide bonds. The van der Waals surface area contributed by atoms with E-state index >= 15 is 0 Å². The van der Waals surface area contributed by atoms with Crippen molar-refractivity contribution in [1.29, 1.82) is 0 Å². The molecule has 8 heteroatoms. The van der Waals surface area contributed by atoms with E-state index in [1.165, 1.54) is 12.1 Å². The molecule has 2 atom stereocenters. The normalized spacial score (nSPS) is 25.4. The van der Waals surface area contributed by atoms with Gasteiger partial charge in [0.15, 0.2) is 0 Å². The van der Waals surface area contributed by atoms with Crippen LogP contribution in [0.2, 0.25) is 0 Å². The number of hydrogen-bond donors (Lipinski definition) is 2. The minimum atomic E-state index is -1.09. The highest BCUT2D eigenvalue weighted by atomic mass is 19.1. The second-order valence-electron chi connectivity index (χ2n) is 9.47. The zero-order chi connectivity index (χ0) is 22.2. The van der Waals surface area contributed by atoms with E-state index in [9.17, 15) is 18.8 Å². The van der Waals surface area contributed by atoms with E-state index < -0.39 is 6.09 Å². The largest absolute Gasteiger partial charge is 0.465 e. The van der Waals surface area contributed by atoms with Crippen molar-refractivity contribution in [2.45, 2.75) is 38.5 Å². The van der Waals surface area contributed by atoms with E-state index in [-0.39, 0.29) is 47.3 Å². The third kappa shape index (κ3) is 4.67. The topological polar surface area (TPSA) is 90.0 Å². The average Bonchev–Trinajstić information content (AvgIpc) is 3.37. The Morgan fingerprint density at radius 3 is 2.32 bits per heavy atom. The van der Waals surface area contributed by atoms with Crippen molar-refractivity contribution < 1.29 is 23.9 Å². The van der Waals surface area contributed by atoms with Crippen molar-refractivity contribution in [2.24, 2.45) is 17.3 Å². The Kier molecular flexibility index (Phi) is 5.90. The van der Waals surface area contributed by atoms with Gasteiger partial charge in [-0.25, -0.2) is 9.18 Å². The van der Waals surface area contributed by atoms with Gasteiger partial charge >= 0.3 is 6.09 Å². The molecule has 1 saturated carbocycles. The second kappa shape index (κ2) is 8.48. The van der Waals surface area contributed by atoms with Crippen LogP contribution in [0, 0.1) is 23.1 Å². The number of carbonyl (C=O) groups is 3. The lowest BCUT2D eigenvalue weighted by atomic mass is 9.89. The van der Waals surface area contributed by atoms with Gasteiger partial charge in [0.2, 0.25) is 11.8 Å². The number of piperidine rings is 1. The predicted octanol–water partition coefficient (Wildman–Crippen LogP) is 2.67. The number of rotatable bonds is 5. The summed E-state index contributed by atoms with van der Waals surface area (Å²) in [6, 6.07) is 6.22. The van der Waals surface area contributed by atoms with E-state index in [0.717, 1.165) is 18.4 Å². The van der Waals surface area contributed by atoms with Crippen molar-refractivity contribution in [3.05, 3.63) is 35.6 Å². The lowest BCUT2D eigenvalue weighted by Gasteiger charge is -2.34. The Morgan fingerprint density at radius 1 is 1.10 bits per heavy atom. The second-order valence-corrected chi connectivity index (χ2v) is 9.47. The Labute approximate surface area is 181 Å². The molecule has 3 fully saturated rings. The molecule has 0 aromatic heterocycles. The molecular weight excluding hydrogens is 401 g/mol. The molecule has 4 rings (SSSR count). The van der Waals surface area contributed by atoms with Crippen LogP contribution in [0.25, 0.3) is 0 Å². The van der Waals surface area contributed by atoms with Crippen molar-refractivity contribution in [3.63, 3.8) is 0 Å². The summed E-state index contributed by atoms with van der Waals surface area (Å²) < 4.78 is 13.4. The monoisotopic (exact) mass is 431 g/mol. The van der Waals surface area contributed by atoms with Crippen LogP contribution in [0.3, 0.4) is 0 Å². The summed E-state index contributed by atoms with van der Waals surface area (Å²) in [5.41, 5.74) is 0.727. The van der Waals surface area contributed by atoms with E-state index in [0.29, 0.717) is 39.0 Å². The molecule has 2 saturated heterocycles. The third-order valence-electron chi connectivity index (χ3n) is 7.21. The molecule has 1 aliphatic carbocycles. The summed E-state index contributed by atoms with van der Waals surface area (Å²) in [5, 5.41) is 11.4. The van der Waals surface area contributed by atoms with Gasteiger partial charge in [-0.1, -0.05) is 19.1 Å². The molecule has 0 unspecified atom stereocenters. The highest BCUT2D eigenvalue weighted by molar-refractivity contribution is 5.85. The smallest absolute Gasteiger partial charge is 0.404 e. The minimum absolute atomic E-state index is 0.0483. The Bertz CT molecular complexity index is 847. The number of carboxylic acid groups (broad SMARTS) is 1. The number of hydrogen-bond acceptors (Lipinski definition) is 3. The predicted molar refractivity (Wildman–Crippen MR) is 112 cm³/mol. The zero-order valence-electron chi connectivity index (χ0n) is 17.8. The maximum absolute atomic E-state index is 13.4. The van der Waals surface area contributed by atoms with Gasteiger partial charge in [0.05, 0.1) is 0 Å². The number of nitrogens with one attached hydrogen (secondary N) is 1. The number of likely N-dealkylation sites (tertiary alicyclic amines) is 2. The summed E-state index contributed by atoms with van der Waals surface area (Å²) in [6.07, 6.45) is 2.14. The van der Waals surface area contributed by atoms with Crippen LogP contribution in [-0.4, -0.2) is 65.5 Å². The molecule has 0 radical (unpaired) electrons. The van der Waals surface area contributed by atoms with Crippen LogP contribution in [-0.2, 0) is 9.59 Å². The van der Waals surface area contributed by atoms with Crippen LogP contribution in [0.15, 0.2) is 24.3 Å². The molecule has 3 aliphatic rings. The minimum Gasteiger partial charge on any atom is -0.465 e. The molecular formula is C23H30FN3O4. The fourth-order valence-electron chi connectivity index (χ4n) is 4.93. The number of amides is 3. The summed E-state index contributed by atoms with van der Waals surface area (Å²) in [4.78, 5) is 40.5. The van der Waals surface area contributed by atoms with Crippen LogP contribution in [0.4, 0.5) is 9.18 Å². The lowest BCUT2D eigenvalue weighted by Crippen LogP contribution is -2.46. The molecule has 1 aromatic rings. The molecule has 7 nitrogen and oxygen atoms in total. The van der Waals surface area contributed by atoms with Crippen molar-refractivity contribution >= 4 is 17.9 Å². The lowest BCUT2D eigenvalue weighted by molar-refractivity contribution is -0.142. The van der Waals surface area contributed by atoms with Crippen LogP contribution in [0.5, 0.6) is 0 Å². The van der Waals surface area contributed by atoms with Gasteiger partial charge in [-0.2, -0.15) is 0 Å². The highest BCUT2D eigenvalue weighted by Gasteiger charge is 2.48. The molecule has 2 aliphatic heterocycles. The van der Waals surface area contributed by atoms with Crippen molar-refractivity contribution in [3.8, 4) is 0 Å². The van der Waals surface area contributed by atoms with Gasteiger partial charge in [-0.3, -0.25) is 9.59 Å². The van der Waals surface area contributed by atoms with Crippen LogP contribution in [0.1, 0.15) is 44.1 Å². The fraction of sp³-hybridized carbons (Fsp3) is 0.609. The first-order chi connectivity index (χ1) is 14.8. The van der Waals surface area contributed by atoms with Crippen molar-refractivity contribution in [1.82, 2.24) is 15.1 Å². The van der Waals surface area contributed by atoms with Gasteiger partial charge in [0, 0.05) is 55.9 Å². The Hall–Kier alpha value is -2.64. The first kappa shape index (κ1) is 21.6. The quantitative estimate of drug-likeness (QED) is 0.750. The number of nitrogens with zero attached hydrogens (tertiary/aromatic N) is 2. The first-order valence-corrected chi connectivity index (χ1v) is 11.1. The molecule has 31 heavy (non-hydrogen) atoms. The Morgan fingerprint density at radius 2 is 1.74 bits per heavy atom. The molecule has 1 aromatic carbocycles. The molecule has 0 bridgehead atoms. The van der Waals surface area contributed by atoms with Crippen molar-refractivity contribution in [2.75, 3.05) is 32.7 Å². The fourth-order valence-corrected chi connectivity index (χ4v) is 4.93. The van der Waals surface area contributed by atoms with Gasteiger partial charge < -0.3 is 20.2 Å². The van der Waals surface area contributed by atoms with Gasteiger partial charge in [-0.05, 0) is 43.4 Å². The molecule has 2 N–H and O–H groups in total. The van der Waals surface area contributed by atoms with Gasteiger partial charge in [0.1, 0.15) is 5.82 Å². The SMILES string of the molecule is CC1(C(=O)N2CCC(C(=O)N3C[C@H](CNC(=O)O)[C@H](c4ccc(F)cc4)C3)CC2)CC1. The maximum atomic E-state index is 13.4. The number of benzene rings is 1. The van der Waals surface area contributed by atoms with E-state index in [1.54, 1.807) is 12.1 Å². The van der Waals surface area contributed by atoms with Crippen LogP contribution < -0.4 is 5.32 Å². The molecule has 2 heterocycles.